The van der Waals surface area contributed by atoms with Gasteiger partial charge in [-0.2, -0.15) is 5.10 Å². The Labute approximate surface area is 126 Å². The van der Waals surface area contributed by atoms with Gasteiger partial charge in [-0.25, -0.2) is 4.79 Å². The molecule has 3 rings (SSSR count). The Bertz CT molecular complexity index is 917. The third kappa shape index (κ3) is 2.30. The van der Waals surface area contributed by atoms with E-state index >= 15 is 0 Å². The summed E-state index contributed by atoms with van der Waals surface area (Å²) in [5.74, 6) is -0.682. The number of nitrogens with zero attached hydrogens (tertiary/aromatic N) is 3. The molecule has 0 fully saturated rings. The third-order valence-electron chi connectivity index (χ3n) is 3.48. The zero-order chi connectivity index (χ0) is 15.9. The van der Waals surface area contributed by atoms with Crippen LogP contribution in [-0.4, -0.2) is 20.3 Å². The number of hydrogen-bond donors (Lipinski definition) is 1. The molecule has 0 aliphatic carbocycles. The van der Waals surface area contributed by atoms with Crippen molar-refractivity contribution in [2.75, 3.05) is 5.32 Å². The van der Waals surface area contributed by atoms with E-state index in [1.165, 1.54) is 4.57 Å². The van der Waals surface area contributed by atoms with Crippen LogP contribution in [0.25, 0.3) is 11.1 Å². The molecule has 0 spiro atoms. The van der Waals surface area contributed by atoms with Crippen LogP contribution in [0.15, 0.2) is 33.5 Å². The number of benzene rings is 1. The first-order chi connectivity index (χ1) is 10.5. The molecule has 0 aliphatic heterocycles. The molecule has 1 amide bonds. The monoisotopic (exact) mass is 300 g/mol. The highest BCUT2D eigenvalue weighted by molar-refractivity contribution is 6.03. The summed E-state index contributed by atoms with van der Waals surface area (Å²) in [5.41, 5.74) is 2.96. The van der Waals surface area contributed by atoms with Gasteiger partial charge in [0.15, 0.2) is 5.58 Å². The van der Waals surface area contributed by atoms with Crippen LogP contribution in [0.2, 0.25) is 0 Å². The molecule has 0 radical (unpaired) electrons. The Morgan fingerprint density at radius 2 is 2.14 bits per heavy atom. The van der Waals surface area contributed by atoms with Crippen LogP contribution in [0.1, 0.15) is 23.1 Å². The van der Waals surface area contributed by atoms with E-state index in [0.717, 1.165) is 5.69 Å². The predicted molar refractivity (Wildman–Crippen MR) is 82.0 cm³/mol. The highest BCUT2D eigenvalue weighted by Crippen LogP contribution is 2.18. The summed E-state index contributed by atoms with van der Waals surface area (Å²) in [5, 5.41) is 7.05. The van der Waals surface area contributed by atoms with Crippen molar-refractivity contribution in [3.63, 3.8) is 0 Å². The molecule has 2 heterocycles. The Kier molecular flexibility index (Phi) is 3.32. The van der Waals surface area contributed by atoms with Crippen molar-refractivity contribution in [2.24, 2.45) is 7.05 Å². The highest BCUT2D eigenvalue weighted by Gasteiger charge is 2.14. The van der Waals surface area contributed by atoms with Gasteiger partial charge in [-0.3, -0.25) is 14.0 Å². The summed E-state index contributed by atoms with van der Waals surface area (Å²) >= 11 is 0. The van der Waals surface area contributed by atoms with Gasteiger partial charge in [-0.1, -0.05) is 0 Å². The van der Waals surface area contributed by atoms with Crippen LogP contribution < -0.4 is 11.1 Å². The first kappa shape index (κ1) is 14.1. The number of anilines is 1. The molecular formula is C15H16N4O3. The molecule has 7 nitrogen and oxygen atoms in total. The molecule has 2 aromatic heterocycles. The molecule has 0 saturated carbocycles. The number of carbonyl (C=O) groups excluding carboxylic acids is 1. The largest absolute Gasteiger partial charge is 0.419 e. The van der Waals surface area contributed by atoms with Gasteiger partial charge >= 0.3 is 5.76 Å². The van der Waals surface area contributed by atoms with Crippen molar-refractivity contribution < 1.29 is 9.21 Å². The summed E-state index contributed by atoms with van der Waals surface area (Å²) in [6.45, 7) is 4.38. The average molecular weight is 300 g/mol. The SMILES string of the molecule is CCn1nc(C)cc1C(=O)Nc1ccc2c(c1)oc(=O)n2C. The van der Waals surface area contributed by atoms with E-state index in [0.29, 0.717) is 29.0 Å². The number of fused-ring (bicyclic) bond motifs is 1. The first-order valence-electron chi connectivity index (χ1n) is 6.95. The van der Waals surface area contributed by atoms with Gasteiger partial charge in [0, 0.05) is 25.3 Å². The van der Waals surface area contributed by atoms with Crippen molar-refractivity contribution in [1.29, 1.82) is 0 Å². The fourth-order valence-corrected chi connectivity index (χ4v) is 2.38. The third-order valence-corrected chi connectivity index (χ3v) is 3.48. The van der Waals surface area contributed by atoms with Gasteiger partial charge in [0.2, 0.25) is 0 Å². The smallest absolute Gasteiger partial charge is 0.408 e. The molecule has 1 N–H and O–H groups in total. The summed E-state index contributed by atoms with van der Waals surface area (Å²) in [6.07, 6.45) is 0. The average Bonchev–Trinajstić information content (AvgIpc) is 3.00. The molecule has 0 atom stereocenters. The van der Waals surface area contributed by atoms with E-state index in [-0.39, 0.29) is 5.91 Å². The summed E-state index contributed by atoms with van der Waals surface area (Å²) < 4.78 is 8.17. The number of carbonyl (C=O) groups is 1. The van der Waals surface area contributed by atoms with Crippen molar-refractivity contribution in [3.05, 3.63) is 46.2 Å². The first-order valence-corrected chi connectivity index (χ1v) is 6.95. The molecule has 22 heavy (non-hydrogen) atoms. The number of oxazole rings is 1. The highest BCUT2D eigenvalue weighted by atomic mass is 16.4. The maximum Gasteiger partial charge on any atom is 0.419 e. The second-order valence-corrected chi connectivity index (χ2v) is 5.05. The van der Waals surface area contributed by atoms with Crippen LogP contribution in [0.5, 0.6) is 0 Å². The minimum atomic E-state index is -0.432. The summed E-state index contributed by atoms with van der Waals surface area (Å²) in [4.78, 5) is 23.8. The molecule has 3 aromatic rings. The minimum absolute atomic E-state index is 0.250. The lowest BCUT2D eigenvalue weighted by Gasteiger charge is -2.06. The molecule has 0 unspecified atom stereocenters. The van der Waals surface area contributed by atoms with Crippen LogP contribution in [0, 0.1) is 6.92 Å². The molecule has 114 valence electrons. The number of aryl methyl sites for hydroxylation is 3. The number of nitrogens with one attached hydrogen (secondary N) is 1. The lowest BCUT2D eigenvalue weighted by atomic mass is 10.2. The number of aromatic nitrogens is 3. The number of hydrogen-bond acceptors (Lipinski definition) is 4. The second kappa shape index (κ2) is 5.18. The van der Waals surface area contributed by atoms with E-state index in [4.69, 9.17) is 4.42 Å². The maximum absolute atomic E-state index is 12.3. The lowest BCUT2D eigenvalue weighted by molar-refractivity contribution is 0.101. The van der Waals surface area contributed by atoms with Crippen LogP contribution >= 0.6 is 0 Å². The minimum Gasteiger partial charge on any atom is -0.408 e. The van der Waals surface area contributed by atoms with E-state index in [1.54, 1.807) is 36.0 Å². The van der Waals surface area contributed by atoms with Crippen molar-refractivity contribution in [3.8, 4) is 0 Å². The summed E-state index contributed by atoms with van der Waals surface area (Å²) in [6, 6.07) is 6.83. The van der Waals surface area contributed by atoms with Gasteiger partial charge in [-0.05, 0) is 32.0 Å². The zero-order valence-corrected chi connectivity index (χ0v) is 12.6. The predicted octanol–water partition coefficient (Wildman–Crippen LogP) is 1.91. The van der Waals surface area contributed by atoms with Crippen LogP contribution in [0.3, 0.4) is 0 Å². The van der Waals surface area contributed by atoms with E-state index < -0.39 is 5.76 Å². The Balaban J connectivity index is 1.92. The molecule has 1 aromatic carbocycles. The normalized spacial score (nSPS) is 11.0. The van der Waals surface area contributed by atoms with Gasteiger partial charge in [0.25, 0.3) is 5.91 Å². The molecular weight excluding hydrogens is 284 g/mol. The molecule has 0 saturated heterocycles. The van der Waals surface area contributed by atoms with Crippen LogP contribution in [-0.2, 0) is 13.6 Å². The zero-order valence-electron chi connectivity index (χ0n) is 12.6. The fourth-order valence-electron chi connectivity index (χ4n) is 2.38. The number of amides is 1. The number of rotatable bonds is 3. The van der Waals surface area contributed by atoms with E-state index in [1.807, 2.05) is 13.8 Å². The molecule has 7 heteroatoms. The Morgan fingerprint density at radius 1 is 1.36 bits per heavy atom. The fraction of sp³-hybridized carbons (Fsp3) is 0.267. The molecule has 0 bridgehead atoms. The van der Waals surface area contributed by atoms with Gasteiger partial charge < -0.3 is 9.73 Å². The van der Waals surface area contributed by atoms with Crippen molar-refractivity contribution in [1.82, 2.24) is 14.3 Å². The van der Waals surface area contributed by atoms with Gasteiger partial charge in [0.05, 0.1) is 11.2 Å². The standard InChI is InChI=1S/C15H16N4O3/c1-4-19-12(7-9(2)17-19)14(20)16-10-5-6-11-13(8-10)22-15(21)18(11)3/h5-8H,4H2,1-3H3,(H,16,20). The van der Waals surface area contributed by atoms with Crippen molar-refractivity contribution in [2.45, 2.75) is 20.4 Å². The van der Waals surface area contributed by atoms with Gasteiger partial charge in [-0.15, -0.1) is 0 Å². The quantitative estimate of drug-likeness (QED) is 0.801. The summed E-state index contributed by atoms with van der Waals surface area (Å²) in [7, 11) is 1.63. The van der Waals surface area contributed by atoms with Crippen molar-refractivity contribution >= 4 is 22.7 Å². The Hall–Kier alpha value is -2.83. The second-order valence-electron chi connectivity index (χ2n) is 5.05. The van der Waals surface area contributed by atoms with E-state index in [9.17, 15) is 9.59 Å². The maximum atomic E-state index is 12.3. The molecule has 0 aliphatic rings. The van der Waals surface area contributed by atoms with Gasteiger partial charge in [0.1, 0.15) is 5.69 Å². The van der Waals surface area contributed by atoms with E-state index in [2.05, 4.69) is 10.4 Å². The Morgan fingerprint density at radius 3 is 2.86 bits per heavy atom. The topological polar surface area (TPSA) is 82.1 Å². The lowest BCUT2D eigenvalue weighted by Crippen LogP contribution is -2.17. The van der Waals surface area contributed by atoms with Crippen LogP contribution in [0.4, 0.5) is 5.69 Å².